The number of fused-ring (bicyclic) bond motifs is 1. The lowest BCUT2D eigenvalue weighted by Gasteiger charge is -2.23. The van der Waals surface area contributed by atoms with Crippen LogP contribution in [0.1, 0.15) is 53.3 Å². The number of nitrogens with zero attached hydrogens (tertiary/aromatic N) is 3. The summed E-state index contributed by atoms with van der Waals surface area (Å²) in [5.74, 6) is -0.943. The molecule has 0 spiro atoms. The summed E-state index contributed by atoms with van der Waals surface area (Å²) >= 11 is 0. The topological polar surface area (TPSA) is 82.6 Å². The maximum Gasteiger partial charge on any atom is 0.262 e. The van der Waals surface area contributed by atoms with E-state index < -0.39 is 23.8 Å². The Bertz CT molecular complexity index is 898. The van der Waals surface area contributed by atoms with Crippen LogP contribution in [0.4, 0.5) is 11.5 Å². The number of pyridine rings is 1. The van der Waals surface area contributed by atoms with Crippen LogP contribution in [0.3, 0.4) is 0 Å². The third-order valence-electron chi connectivity index (χ3n) is 5.56. The van der Waals surface area contributed by atoms with Gasteiger partial charge in [-0.25, -0.2) is 4.98 Å². The van der Waals surface area contributed by atoms with E-state index >= 15 is 0 Å². The molecule has 3 amide bonds. The Kier molecular flexibility index (Phi) is 5.29. The minimum Gasteiger partial charge on any atom is -0.370 e. The normalized spacial score (nSPS) is 17.7. The zero-order valence-electron chi connectivity index (χ0n) is 16.4. The van der Waals surface area contributed by atoms with Crippen LogP contribution in [-0.2, 0) is 4.79 Å². The number of anilines is 2. The summed E-state index contributed by atoms with van der Waals surface area (Å²) in [5, 5.41) is 2.71. The fraction of sp³-hybridized carbons (Fsp3) is 0.364. The fourth-order valence-corrected chi connectivity index (χ4v) is 3.88. The zero-order valence-corrected chi connectivity index (χ0v) is 16.4. The highest BCUT2D eigenvalue weighted by Crippen LogP contribution is 2.25. The van der Waals surface area contributed by atoms with Crippen LogP contribution in [0.2, 0.25) is 0 Å². The molecule has 1 aromatic heterocycles. The number of hydrogen-bond donors (Lipinski definition) is 1. The van der Waals surface area contributed by atoms with E-state index in [-0.39, 0.29) is 0 Å². The molecule has 1 saturated heterocycles. The fourth-order valence-electron chi connectivity index (χ4n) is 3.88. The highest BCUT2D eigenvalue weighted by atomic mass is 16.2. The smallest absolute Gasteiger partial charge is 0.262 e. The van der Waals surface area contributed by atoms with Gasteiger partial charge in [0.2, 0.25) is 5.91 Å². The van der Waals surface area contributed by atoms with Crippen LogP contribution in [0.15, 0.2) is 42.6 Å². The van der Waals surface area contributed by atoms with E-state index in [9.17, 15) is 14.4 Å². The van der Waals surface area contributed by atoms with Gasteiger partial charge in [0.15, 0.2) is 0 Å². The van der Waals surface area contributed by atoms with Gasteiger partial charge in [0.1, 0.15) is 11.9 Å². The number of aromatic nitrogens is 1. The van der Waals surface area contributed by atoms with Crippen molar-refractivity contribution in [2.24, 2.45) is 0 Å². The van der Waals surface area contributed by atoms with E-state index in [1.807, 2.05) is 6.07 Å². The molecule has 0 saturated carbocycles. The summed E-state index contributed by atoms with van der Waals surface area (Å²) in [6.45, 7) is 3.58. The third-order valence-corrected chi connectivity index (χ3v) is 5.56. The molecule has 7 heteroatoms. The van der Waals surface area contributed by atoms with Crippen molar-refractivity contribution in [3.8, 4) is 0 Å². The summed E-state index contributed by atoms with van der Waals surface area (Å²) in [6.07, 6.45) is 6.63. The maximum absolute atomic E-state index is 12.7. The average molecular weight is 392 g/mol. The molecule has 1 fully saturated rings. The minimum atomic E-state index is -0.936. The van der Waals surface area contributed by atoms with Crippen molar-refractivity contribution >= 4 is 29.2 Å². The van der Waals surface area contributed by atoms with Crippen molar-refractivity contribution in [1.82, 2.24) is 9.88 Å². The van der Waals surface area contributed by atoms with Crippen molar-refractivity contribution in [3.05, 3.63) is 53.7 Å². The van der Waals surface area contributed by atoms with E-state index in [1.165, 1.54) is 25.7 Å². The molecular weight excluding hydrogens is 368 g/mol. The highest BCUT2D eigenvalue weighted by molar-refractivity contribution is 6.23. The summed E-state index contributed by atoms with van der Waals surface area (Å²) < 4.78 is 0. The summed E-state index contributed by atoms with van der Waals surface area (Å²) in [4.78, 5) is 45.4. The van der Waals surface area contributed by atoms with Gasteiger partial charge in [-0.2, -0.15) is 0 Å². The van der Waals surface area contributed by atoms with Gasteiger partial charge < -0.3 is 10.2 Å². The van der Waals surface area contributed by atoms with Gasteiger partial charge in [0, 0.05) is 13.1 Å². The lowest BCUT2D eigenvalue weighted by atomic mass is 10.1. The molecule has 7 nitrogen and oxygen atoms in total. The van der Waals surface area contributed by atoms with Crippen molar-refractivity contribution in [1.29, 1.82) is 0 Å². The second-order valence-corrected chi connectivity index (χ2v) is 7.49. The molecule has 0 aliphatic carbocycles. The van der Waals surface area contributed by atoms with Crippen LogP contribution in [0.5, 0.6) is 0 Å². The number of carbonyl (C=O) groups excluding carboxylic acids is 3. The predicted octanol–water partition coefficient (Wildman–Crippen LogP) is 3.09. The van der Waals surface area contributed by atoms with E-state index in [0.29, 0.717) is 16.9 Å². The summed E-state index contributed by atoms with van der Waals surface area (Å²) in [5.41, 5.74) is 1.70. The first-order chi connectivity index (χ1) is 14.1. The first-order valence-electron chi connectivity index (χ1n) is 10.0. The largest absolute Gasteiger partial charge is 0.370 e. The van der Waals surface area contributed by atoms with Gasteiger partial charge >= 0.3 is 0 Å². The van der Waals surface area contributed by atoms with E-state index in [0.717, 1.165) is 23.7 Å². The molecule has 0 bridgehead atoms. The molecule has 1 aromatic carbocycles. The molecular formula is C22H24N4O3. The van der Waals surface area contributed by atoms with Crippen molar-refractivity contribution < 1.29 is 14.4 Å². The second-order valence-electron chi connectivity index (χ2n) is 7.49. The predicted molar refractivity (Wildman–Crippen MR) is 110 cm³/mol. The Morgan fingerprint density at radius 3 is 2.14 bits per heavy atom. The standard InChI is InChI=1S/C22H24N4O3/c1-15(26-21(28)17-8-4-5-9-18(17)22(26)29)20(27)24-19-11-10-16(14-23-19)25-12-6-2-3-7-13-25/h4-5,8-11,14-15H,2-3,6-7,12-13H2,1H3,(H,23,24,27). The quantitative estimate of drug-likeness (QED) is 0.809. The summed E-state index contributed by atoms with van der Waals surface area (Å²) in [6, 6.07) is 9.37. The molecule has 2 aliphatic heterocycles. The van der Waals surface area contributed by atoms with Crippen molar-refractivity contribution in [2.75, 3.05) is 23.3 Å². The molecule has 2 aliphatic rings. The van der Waals surface area contributed by atoms with Gasteiger partial charge in [0.05, 0.1) is 23.0 Å². The lowest BCUT2D eigenvalue weighted by molar-refractivity contribution is -0.119. The lowest BCUT2D eigenvalue weighted by Crippen LogP contribution is -2.45. The van der Waals surface area contributed by atoms with Crippen LogP contribution in [-0.4, -0.2) is 46.7 Å². The van der Waals surface area contributed by atoms with E-state index in [1.54, 1.807) is 43.5 Å². The Hall–Kier alpha value is -3.22. The van der Waals surface area contributed by atoms with Gasteiger partial charge in [-0.1, -0.05) is 25.0 Å². The number of hydrogen-bond acceptors (Lipinski definition) is 5. The van der Waals surface area contributed by atoms with Gasteiger partial charge in [0.25, 0.3) is 11.8 Å². The Balaban J connectivity index is 1.43. The Morgan fingerprint density at radius 2 is 1.59 bits per heavy atom. The van der Waals surface area contributed by atoms with Gasteiger partial charge in [-0.15, -0.1) is 0 Å². The number of imide groups is 1. The van der Waals surface area contributed by atoms with Crippen LogP contribution in [0.25, 0.3) is 0 Å². The van der Waals surface area contributed by atoms with Crippen LogP contribution >= 0.6 is 0 Å². The third kappa shape index (κ3) is 3.72. The summed E-state index contributed by atoms with van der Waals surface area (Å²) in [7, 11) is 0. The molecule has 3 heterocycles. The second kappa shape index (κ2) is 8.03. The maximum atomic E-state index is 12.7. The SMILES string of the molecule is CC(C(=O)Nc1ccc(N2CCCCCC2)cn1)N1C(=O)c2ccccc2C1=O. The molecule has 150 valence electrons. The molecule has 2 aromatic rings. The van der Waals surface area contributed by atoms with Gasteiger partial charge in [-0.05, 0) is 44.0 Å². The van der Waals surface area contributed by atoms with Crippen LogP contribution in [0, 0.1) is 0 Å². The van der Waals surface area contributed by atoms with Crippen molar-refractivity contribution in [3.63, 3.8) is 0 Å². The molecule has 29 heavy (non-hydrogen) atoms. The molecule has 1 unspecified atom stereocenters. The number of nitrogens with one attached hydrogen (secondary N) is 1. The molecule has 4 rings (SSSR count). The zero-order chi connectivity index (χ0) is 20.4. The Labute approximate surface area is 169 Å². The monoisotopic (exact) mass is 392 g/mol. The average Bonchev–Trinajstić information content (AvgIpc) is 2.91. The van der Waals surface area contributed by atoms with Crippen LogP contribution < -0.4 is 10.2 Å². The number of rotatable bonds is 4. The van der Waals surface area contributed by atoms with E-state index in [2.05, 4.69) is 15.2 Å². The number of benzene rings is 1. The minimum absolute atomic E-state index is 0.331. The van der Waals surface area contributed by atoms with Gasteiger partial charge in [-0.3, -0.25) is 19.3 Å². The van der Waals surface area contributed by atoms with E-state index in [4.69, 9.17) is 0 Å². The van der Waals surface area contributed by atoms with Crippen molar-refractivity contribution in [2.45, 2.75) is 38.6 Å². The molecule has 0 radical (unpaired) electrons. The molecule has 1 atom stereocenters. The number of amides is 3. The first kappa shape index (κ1) is 19.1. The Morgan fingerprint density at radius 1 is 0.966 bits per heavy atom. The number of carbonyl (C=O) groups is 3. The first-order valence-corrected chi connectivity index (χ1v) is 10.0. The highest BCUT2D eigenvalue weighted by Gasteiger charge is 2.40. The molecule has 1 N–H and O–H groups in total.